The number of carbonyl (C=O) groups is 1. The molecule has 0 aliphatic heterocycles. The van der Waals surface area contributed by atoms with Crippen LogP contribution < -0.4 is 10.5 Å². The molecule has 5 heteroatoms. The number of nitrogens with zero attached hydrogens (tertiary/aromatic N) is 1. The standard InChI is InChI=1S/C14H20N2O2S/c1-10-5-4-6-12(9-10)18-8-7-13(17)16(3)11(2)14(15)19/h4-6,9,11H,7-8H2,1-3H3,(H2,15,19). The fraction of sp³-hybridized carbons (Fsp3) is 0.429. The van der Waals surface area contributed by atoms with E-state index in [9.17, 15) is 4.79 Å². The smallest absolute Gasteiger partial charge is 0.226 e. The van der Waals surface area contributed by atoms with Crippen molar-refractivity contribution in [1.82, 2.24) is 4.90 Å². The van der Waals surface area contributed by atoms with Crippen molar-refractivity contribution in [1.29, 1.82) is 0 Å². The van der Waals surface area contributed by atoms with Gasteiger partial charge in [0, 0.05) is 7.05 Å². The molecule has 1 amide bonds. The third kappa shape index (κ3) is 4.87. The van der Waals surface area contributed by atoms with Crippen LogP contribution >= 0.6 is 12.2 Å². The molecule has 0 saturated heterocycles. The fourth-order valence-electron chi connectivity index (χ4n) is 1.54. The molecule has 1 aromatic carbocycles. The number of likely N-dealkylation sites (N-methyl/N-ethyl adjacent to an activating group) is 1. The predicted octanol–water partition coefficient (Wildman–Crippen LogP) is 1.90. The highest BCUT2D eigenvalue weighted by Crippen LogP contribution is 2.12. The Bertz CT molecular complexity index is 463. The molecule has 1 rings (SSSR count). The van der Waals surface area contributed by atoms with E-state index in [1.54, 1.807) is 11.9 Å². The van der Waals surface area contributed by atoms with E-state index >= 15 is 0 Å². The molecule has 0 aliphatic carbocycles. The van der Waals surface area contributed by atoms with Gasteiger partial charge in [-0.1, -0.05) is 24.4 Å². The van der Waals surface area contributed by atoms with Gasteiger partial charge in [-0.15, -0.1) is 0 Å². The number of nitrogens with two attached hydrogens (primary N) is 1. The second kappa shape index (κ2) is 7.09. The first-order valence-corrected chi connectivity index (χ1v) is 6.57. The lowest BCUT2D eigenvalue weighted by molar-refractivity contribution is -0.131. The Morgan fingerprint density at radius 1 is 1.53 bits per heavy atom. The molecule has 1 unspecified atom stereocenters. The Morgan fingerprint density at radius 2 is 2.21 bits per heavy atom. The van der Waals surface area contributed by atoms with Gasteiger partial charge in [-0.05, 0) is 31.5 Å². The van der Waals surface area contributed by atoms with Crippen LogP contribution in [0.5, 0.6) is 5.75 Å². The largest absolute Gasteiger partial charge is 0.493 e. The van der Waals surface area contributed by atoms with Crippen molar-refractivity contribution in [3.8, 4) is 5.75 Å². The molecule has 0 fully saturated rings. The minimum absolute atomic E-state index is 0.0343. The molecule has 0 heterocycles. The first-order valence-electron chi connectivity index (χ1n) is 6.16. The van der Waals surface area contributed by atoms with Gasteiger partial charge in [-0.2, -0.15) is 0 Å². The number of aryl methyl sites for hydroxylation is 1. The van der Waals surface area contributed by atoms with E-state index < -0.39 is 0 Å². The number of thiocarbonyl (C=S) groups is 1. The number of benzene rings is 1. The lowest BCUT2D eigenvalue weighted by atomic mass is 10.2. The molecular weight excluding hydrogens is 260 g/mol. The molecule has 2 N–H and O–H groups in total. The number of rotatable bonds is 6. The average molecular weight is 280 g/mol. The maximum atomic E-state index is 11.9. The minimum Gasteiger partial charge on any atom is -0.493 e. The quantitative estimate of drug-likeness (QED) is 0.809. The third-order valence-electron chi connectivity index (χ3n) is 2.96. The van der Waals surface area contributed by atoms with Gasteiger partial charge < -0.3 is 15.4 Å². The van der Waals surface area contributed by atoms with E-state index in [1.807, 2.05) is 38.1 Å². The Balaban J connectivity index is 2.41. The summed E-state index contributed by atoms with van der Waals surface area (Å²) in [6, 6.07) is 7.50. The summed E-state index contributed by atoms with van der Waals surface area (Å²) in [4.78, 5) is 13.7. The van der Waals surface area contributed by atoms with Crippen molar-refractivity contribution in [3.05, 3.63) is 29.8 Å². The summed E-state index contributed by atoms with van der Waals surface area (Å²) in [6.07, 6.45) is 0.303. The van der Waals surface area contributed by atoms with Crippen LogP contribution in [0.1, 0.15) is 18.9 Å². The van der Waals surface area contributed by atoms with Crippen LogP contribution in [0.4, 0.5) is 0 Å². The zero-order valence-electron chi connectivity index (χ0n) is 11.6. The number of hydrogen-bond acceptors (Lipinski definition) is 3. The number of amides is 1. The Labute approximate surface area is 119 Å². The molecule has 0 saturated carbocycles. The first kappa shape index (κ1) is 15.4. The lowest BCUT2D eigenvalue weighted by Gasteiger charge is -2.23. The Hall–Kier alpha value is -1.62. The number of hydrogen-bond donors (Lipinski definition) is 1. The fourth-order valence-corrected chi connectivity index (χ4v) is 1.70. The summed E-state index contributed by atoms with van der Waals surface area (Å²) in [5.41, 5.74) is 6.65. The van der Waals surface area contributed by atoms with Gasteiger partial charge >= 0.3 is 0 Å². The van der Waals surface area contributed by atoms with Crippen molar-refractivity contribution in [2.75, 3.05) is 13.7 Å². The molecule has 4 nitrogen and oxygen atoms in total. The van der Waals surface area contributed by atoms with Gasteiger partial charge in [0.2, 0.25) is 5.91 Å². The van der Waals surface area contributed by atoms with Crippen molar-refractivity contribution >= 4 is 23.1 Å². The van der Waals surface area contributed by atoms with Crippen molar-refractivity contribution in [3.63, 3.8) is 0 Å². The summed E-state index contributed by atoms with van der Waals surface area (Å²) in [5, 5.41) is 0. The van der Waals surface area contributed by atoms with Crippen LogP contribution in [0.2, 0.25) is 0 Å². The normalized spacial score (nSPS) is 11.7. The van der Waals surface area contributed by atoms with Crippen molar-refractivity contribution in [2.45, 2.75) is 26.3 Å². The van der Waals surface area contributed by atoms with Crippen LogP contribution in [-0.4, -0.2) is 35.5 Å². The summed E-state index contributed by atoms with van der Waals surface area (Å²) in [7, 11) is 1.69. The minimum atomic E-state index is -0.235. The average Bonchev–Trinajstić information content (AvgIpc) is 2.36. The van der Waals surface area contributed by atoms with Crippen molar-refractivity contribution < 1.29 is 9.53 Å². The van der Waals surface area contributed by atoms with E-state index in [2.05, 4.69) is 0 Å². The molecule has 0 spiro atoms. The number of ether oxygens (including phenoxy) is 1. The van der Waals surface area contributed by atoms with Crippen LogP contribution in [0.3, 0.4) is 0 Å². The van der Waals surface area contributed by atoms with Gasteiger partial charge in [0.1, 0.15) is 5.75 Å². The molecule has 1 aromatic rings. The first-order chi connectivity index (χ1) is 8.91. The molecule has 19 heavy (non-hydrogen) atoms. The molecule has 0 aliphatic rings. The second-order valence-electron chi connectivity index (χ2n) is 4.50. The summed E-state index contributed by atoms with van der Waals surface area (Å²) in [5.74, 6) is 0.741. The molecule has 0 aromatic heterocycles. The third-order valence-corrected chi connectivity index (χ3v) is 3.30. The topological polar surface area (TPSA) is 55.6 Å². The zero-order chi connectivity index (χ0) is 14.4. The van der Waals surface area contributed by atoms with Crippen LogP contribution in [0.15, 0.2) is 24.3 Å². The Kier molecular flexibility index (Phi) is 5.76. The molecule has 1 atom stereocenters. The van der Waals surface area contributed by atoms with Crippen LogP contribution in [0, 0.1) is 6.92 Å². The summed E-state index contributed by atoms with van der Waals surface area (Å²) >= 11 is 4.87. The van der Waals surface area contributed by atoms with Crippen LogP contribution in [0.25, 0.3) is 0 Å². The van der Waals surface area contributed by atoms with Gasteiger partial charge in [-0.3, -0.25) is 4.79 Å². The van der Waals surface area contributed by atoms with Gasteiger partial charge in [0.25, 0.3) is 0 Å². The zero-order valence-corrected chi connectivity index (χ0v) is 12.4. The monoisotopic (exact) mass is 280 g/mol. The second-order valence-corrected chi connectivity index (χ2v) is 4.97. The van der Waals surface area contributed by atoms with Gasteiger partial charge in [0.15, 0.2) is 0 Å². The molecule has 104 valence electrons. The van der Waals surface area contributed by atoms with E-state index in [-0.39, 0.29) is 11.9 Å². The highest BCUT2D eigenvalue weighted by atomic mass is 32.1. The van der Waals surface area contributed by atoms with E-state index in [0.29, 0.717) is 18.0 Å². The van der Waals surface area contributed by atoms with Gasteiger partial charge in [0.05, 0.1) is 24.1 Å². The Morgan fingerprint density at radius 3 is 2.79 bits per heavy atom. The predicted molar refractivity (Wildman–Crippen MR) is 80.3 cm³/mol. The molecular formula is C14H20N2O2S. The highest BCUT2D eigenvalue weighted by Gasteiger charge is 2.17. The molecule has 0 radical (unpaired) electrons. The van der Waals surface area contributed by atoms with E-state index in [1.165, 1.54) is 0 Å². The maximum Gasteiger partial charge on any atom is 0.226 e. The van der Waals surface area contributed by atoms with E-state index in [4.69, 9.17) is 22.7 Å². The van der Waals surface area contributed by atoms with Crippen molar-refractivity contribution in [2.24, 2.45) is 5.73 Å². The van der Waals surface area contributed by atoms with E-state index in [0.717, 1.165) is 11.3 Å². The lowest BCUT2D eigenvalue weighted by Crippen LogP contribution is -2.43. The van der Waals surface area contributed by atoms with Gasteiger partial charge in [-0.25, -0.2) is 0 Å². The summed E-state index contributed by atoms with van der Waals surface area (Å²) < 4.78 is 5.54. The summed E-state index contributed by atoms with van der Waals surface area (Å²) in [6.45, 7) is 4.15. The van der Waals surface area contributed by atoms with Crippen LogP contribution in [-0.2, 0) is 4.79 Å². The number of carbonyl (C=O) groups excluding carboxylic acids is 1. The molecule has 0 bridgehead atoms. The SMILES string of the molecule is Cc1cccc(OCCC(=O)N(C)C(C)C(N)=S)c1. The highest BCUT2D eigenvalue weighted by molar-refractivity contribution is 7.80. The maximum absolute atomic E-state index is 11.9.